The van der Waals surface area contributed by atoms with Gasteiger partial charge in [-0.05, 0) is 58.5 Å². The van der Waals surface area contributed by atoms with Crippen molar-refractivity contribution >= 4 is 0 Å². The van der Waals surface area contributed by atoms with Gasteiger partial charge in [0.25, 0.3) is 0 Å². The minimum Gasteiger partial charge on any atom is -0.497 e. The smallest absolute Gasteiger partial charge is 0.123 e. The summed E-state index contributed by atoms with van der Waals surface area (Å²) in [4.78, 5) is 0. The molecule has 0 heterocycles. The first kappa shape index (κ1) is 19.9. The highest BCUT2D eigenvalue weighted by Crippen LogP contribution is 2.63. The molecule has 0 atom stereocenters. The predicted molar refractivity (Wildman–Crippen MR) is 130 cm³/mol. The quantitative estimate of drug-likeness (QED) is 0.380. The van der Waals surface area contributed by atoms with Crippen molar-refractivity contribution in [3.05, 3.63) is 124 Å². The molecule has 0 fully saturated rings. The summed E-state index contributed by atoms with van der Waals surface area (Å²) in [5.74, 6) is 2.81. The van der Waals surface area contributed by atoms with E-state index in [9.17, 15) is 0 Å². The van der Waals surface area contributed by atoms with Crippen molar-refractivity contribution in [3.63, 3.8) is 0 Å². The fourth-order valence-electron chi connectivity index (χ4n) is 6.15. The lowest BCUT2D eigenvalue weighted by molar-refractivity contribution is 0.376. The molecule has 3 heteroatoms. The van der Waals surface area contributed by atoms with Crippen LogP contribution in [0.5, 0.6) is 17.2 Å². The molecule has 4 aromatic rings. The Bertz CT molecular complexity index is 1310. The molecule has 7 rings (SSSR count). The van der Waals surface area contributed by atoms with Crippen LogP contribution >= 0.6 is 0 Å². The number of hydrogen-bond donors (Lipinski definition) is 0. The summed E-state index contributed by atoms with van der Waals surface area (Å²) in [5.41, 5.74) is 8.72. The van der Waals surface area contributed by atoms with Crippen LogP contribution in [0.15, 0.2) is 84.9 Å². The highest BCUT2D eigenvalue weighted by molar-refractivity contribution is 5.77. The van der Waals surface area contributed by atoms with E-state index in [2.05, 4.69) is 66.7 Å². The average molecular weight is 435 g/mol. The van der Waals surface area contributed by atoms with Gasteiger partial charge < -0.3 is 14.2 Å². The van der Waals surface area contributed by atoms with Crippen LogP contribution in [0.25, 0.3) is 0 Å². The molecule has 0 spiro atoms. The lowest BCUT2D eigenvalue weighted by Gasteiger charge is -2.51. The van der Waals surface area contributed by atoms with E-state index in [1.807, 2.05) is 18.2 Å². The Balaban J connectivity index is 1.73. The molecule has 164 valence electrons. The number of methoxy groups -OCH3 is 3. The average Bonchev–Trinajstić information content (AvgIpc) is 2.88. The monoisotopic (exact) mass is 434 g/mol. The first-order valence-corrected chi connectivity index (χ1v) is 11.3. The van der Waals surface area contributed by atoms with Crippen LogP contribution in [0.2, 0.25) is 0 Å². The van der Waals surface area contributed by atoms with Gasteiger partial charge in [-0.2, -0.15) is 0 Å². The molecule has 0 saturated carbocycles. The molecule has 3 aliphatic carbocycles. The molecule has 33 heavy (non-hydrogen) atoms. The van der Waals surface area contributed by atoms with Crippen molar-refractivity contribution < 1.29 is 14.2 Å². The summed E-state index contributed by atoms with van der Waals surface area (Å²) in [6.45, 7) is 0. The van der Waals surface area contributed by atoms with E-state index in [4.69, 9.17) is 14.2 Å². The van der Waals surface area contributed by atoms with E-state index in [-0.39, 0.29) is 11.3 Å². The summed E-state index contributed by atoms with van der Waals surface area (Å²) in [7, 11) is 5.23. The van der Waals surface area contributed by atoms with E-state index >= 15 is 0 Å². The van der Waals surface area contributed by atoms with Crippen molar-refractivity contribution in [2.75, 3.05) is 21.3 Å². The fourth-order valence-corrected chi connectivity index (χ4v) is 6.15. The van der Waals surface area contributed by atoms with Gasteiger partial charge in [0, 0.05) is 17.0 Å². The maximum absolute atomic E-state index is 6.02. The fraction of sp³-hybridized carbons (Fsp3) is 0.200. The highest BCUT2D eigenvalue weighted by Gasteiger charge is 2.54. The molecular weight excluding hydrogens is 408 g/mol. The van der Waals surface area contributed by atoms with Gasteiger partial charge in [0.15, 0.2) is 0 Å². The zero-order valence-electron chi connectivity index (χ0n) is 19.1. The minimum absolute atomic E-state index is 0.121. The van der Waals surface area contributed by atoms with Crippen LogP contribution in [0.4, 0.5) is 0 Å². The van der Waals surface area contributed by atoms with Crippen molar-refractivity contribution in [2.45, 2.75) is 17.8 Å². The number of rotatable bonds is 5. The van der Waals surface area contributed by atoms with E-state index in [0.717, 1.165) is 23.7 Å². The second-order valence-electron chi connectivity index (χ2n) is 8.80. The third kappa shape index (κ3) is 2.62. The molecular formula is C30H26O3. The van der Waals surface area contributed by atoms with Crippen LogP contribution < -0.4 is 14.2 Å². The Morgan fingerprint density at radius 3 is 1.79 bits per heavy atom. The summed E-state index contributed by atoms with van der Waals surface area (Å²) in [6, 6.07) is 30.3. The van der Waals surface area contributed by atoms with Crippen LogP contribution in [-0.4, -0.2) is 21.3 Å². The van der Waals surface area contributed by atoms with E-state index in [0.29, 0.717) is 0 Å². The zero-order chi connectivity index (χ0) is 22.6. The molecule has 0 aliphatic heterocycles. The predicted octanol–water partition coefficient (Wildman–Crippen LogP) is 6.10. The van der Waals surface area contributed by atoms with Crippen molar-refractivity contribution in [1.29, 1.82) is 0 Å². The summed E-state index contributed by atoms with van der Waals surface area (Å²) in [6.07, 6.45) is 0.814. The van der Waals surface area contributed by atoms with Gasteiger partial charge >= 0.3 is 0 Å². The van der Waals surface area contributed by atoms with Gasteiger partial charge in [-0.25, -0.2) is 0 Å². The molecule has 0 N–H and O–H groups in total. The van der Waals surface area contributed by atoms with Gasteiger partial charge in [-0.1, -0.05) is 60.7 Å². The largest absolute Gasteiger partial charge is 0.497 e. The summed E-state index contributed by atoms with van der Waals surface area (Å²) >= 11 is 0. The molecule has 3 nitrogen and oxygen atoms in total. The maximum atomic E-state index is 6.02. The molecule has 4 aromatic carbocycles. The highest BCUT2D eigenvalue weighted by atomic mass is 16.5. The summed E-state index contributed by atoms with van der Waals surface area (Å²) in [5, 5.41) is 0. The SMILES string of the molecule is COc1ccc(CC23c4ccccc4C(c4ccccc42)c2c(OC)ccc(OC)c23)cc1. The van der Waals surface area contributed by atoms with E-state index in [1.165, 1.54) is 38.9 Å². The molecule has 0 aromatic heterocycles. The van der Waals surface area contributed by atoms with Gasteiger partial charge in [0.2, 0.25) is 0 Å². The van der Waals surface area contributed by atoms with E-state index in [1.54, 1.807) is 21.3 Å². The normalized spacial score (nSPS) is 19.3. The van der Waals surface area contributed by atoms with Crippen molar-refractivity contribution in [1.82, 2.24) is 0 Å². The van der Waals surface area contributed by atoms with Crippen LogP contribution in [0.1, 0.15) is 44.9 Å². The second-order valence-corrected chi connectivity index (χ2v) is 8.80. The van der Waals surface area contributed by atoms with Crippen LogP contribution in [-0.2, 0) is 11.8 Å². The molecule has 0 amide bonds. The zero-order valence-corrected chi connectivity index (χ0v) is 19.1. The Hall–Kier alpha value is -3.72. The molecule has 0 radical (unpaired) electrons. The first-order chi connectivity index (χ1) is 16.2. The van der Waals surface area contributed by atoms with E-state index < -0.39 is 0 Å². The first-order valence-electron chi connectivity index (χ1n) is 11.3. The second kappa shape index (κ2) is 7.41. The number of ether oxygens (including phenoxy) is 3. The Morgan fingerprint density at radius 1 is 0.636 bits per heavy atom. The standard InChI is InChI=1S/C30H26O3/c1-31-20-14-12-19(13-15-20)18-30-23-10-6-4-8-21(23)27(22-9-5-7-11-24(22)30)28-25(32-2)16-17-26(33-3)29(28)30/h4-17,27H,18H2,1-3H3. The summed E-state index contributed by atoms with van der Waals surface area (Å²) < 4.78 is 17.4. The number of hydrogen-bond acceptors (Lipinski definition) is 3. The van der Waals surface area contributed by atoms with Gasteiger partial charge in [-0.15, -0.1) is 0 Å². The van der Waals surface area contributed by atoms with Gasteiger partial charge in [0.1, 0.15) is 17.2 Å². The Kier molecular flexibility index (Phi) is 4.48. The molecule has 0 saturated heterocycles. The Morgan fingerprint density at radius 2 is 1.21 bits per heavy atom. The molecule has 0 unspecified atom stereocenters. The lowest BCUT2D eigenvalue weighted by atomic mass is 9.51. The van der Waals surface area contributed by atoms with Gasteiger partial charge in [-0.3, -0.25) is 0 Å². The Labute approximate surface area is 194 Å². The van der Waals surface area contributed by atoms with Gasteiger partial charge in [0.05, 0.1) is 26.7 Å². The topological polar surface area (TPSA) is 27.7 Å². The maximum Gasteiger partial charge on any atom is 0.123 e. The lowest BCUT2D eigenvalue weighted by Crippen LogP contribution is -2.44. The van der Waals surface area contributed by atoms with Crippen molar-refractivity contribution in [3.8, 4) is 17.2 Å². The third-order valence-corrected chi connectivity index (χ3v) is 7.41. The van der Waals surface area contributed by atoms with Crippen LogP contribution in [0.3, 0.4) is 0 Å². The van der Waals surface area contributed by atoms with Crippen molar-refractivity contribution in [2.24, 2.45) is 0 Å². The number of benzene rings is 4. The third-order valence-electron chi connectivity index (χ3n) is 7.41. The molecule has 2 bridgehead atoms. The molecule has 3 aliphatic rings. The van der Waals surface area contributed by atoms with Crippen LogP contribution in [0, 0.1) is 0 Å². The minimum atomic E-state index is -0.383.